The van der Waals surface area contributed by atoms with Crippen molar-refractivity contribution < 1.29 is 14.6 Å². The monoisotopic (exact) mass is 276 g/mol. The number of aryl methyl sites for hydroxylation is 1. The second-order valence-corrected chi connectivity index (χ2v) is 5.29. The van der Waals surface area contributed by atoms with Crippen molar-refractivity contribution in [3.63, 3.8) is 0 Å². The molecule has 3 rings (SSSR count). The van der Waals surface area contributed by atoms with E-state index in [0.717, 1.165) is 11.2 Å². The van der Waals surface area contributed by atoms with E-state index in [1.807, 2.05) is 20.8 Å². The first-order valence-electron chi connectivity index (χ1n) is 6.53. The van der Waals surface area contributed by atoms with Crippen molar-refractivity contribution in [2.24, 2.45) is 11.8 Å². The molecular formula is C13H16N4O3. The van der Waals surface area contributed by atoms with Gasteiger partial charge in [0.15, 0.2) is 11.8 Å². The Morgan fingerprint density at radius 1 is 1.30 bits per heavy atom. The van der Waals surface area contributed by atoms with Crippen molar-refractivity contribution in [2.45, 2.75) is 33.1 Å². The number of hydrogen-bond acceptors (Lipinski definition) is 5. The molecule has 0 saturated carbocycles. The van der Waals surface area contributed by atoms with Crippen molar-refractivity contribution >= 4 is 17.1 Å². The van der Waals surface area contributed by atoms with Crippen LogP contribution in [0.3, 0.4) is 0 Å². The fourth-order valence-electron chi connectivity index (χ4n) is 2.69. The number of carbonyl (C=O) groups is 1. The molecule has 1 aliphatic rings. The van der Waals surface area contributed by atoms with Gasteiger partial charge in [-0.1, -0.05) is 13.8 Å². The Labute approximate surface area is 115 Å². The highest BCUT2D eigenvalue weighted by Crippen LogP contribution is 2.39. The molecule has 7 heteroatoms. The molecule has 3 heterocycles. The third-order valence-corrected chi connectivity index (χ3v) is 4.10. The van der Waals surface area contributed by atoms with E-state index in [1.54, 1.807) is 10.9 Å². The normalized spacial score (nSPS) is 29.9. The zero-order chi connectivity index (χ0) is 14.4. The molecule has 0 unspecified atom stereocenters. The van der Waals surface area contributed by atoms with Crippen molar-refractivity contribution in [1.82, 2.24) is 19.5 Å². The molecule has 0 aliphatic carbocycles. The van der Waals surface area contributed by atoms with E-state index in [0.29, 0.717) is 5.65 Å². The molecule has 1 fully saturated rings. The number of aromatic nitrogens is 4. The summed E-state index contributed by atoms with van der Waals surface area (Å²) in [5.74, 6) is -0.941. The van der Waals surface area contributed by atoms with Crippen molar-refractivity contribution in [2.75, 3.05) is 0 Å². The van der Waals surface area contributed by atoms with E-state index < -0.39 is 12.1 Å². The van der Waals surface area contributed by atoms with E-state index in [-0.39, 0.29) is 18.1 Å². The summed E-state index contributed by atoms with van der Waals surface area (Å²) in [7, 11) is 0. The Kier molecular flexibility index (Phi) is 2.93. The quantitative estimate of drug-likeness (QED) is 0.891. The number of carboxylic acid groups (broad SMARTS) is 1. The van der Waals surface area contributed by atoms with Crippen LogP contribution in [0.1, 0.15) is 25.8 Å². The predicted molar refractivity (Wildman–Crippen MR) is 69.9 cm³/mol. The number of hydrogen-bond donors (Lipinski definition) is 1. The first-order valence-corrected chi connectivity index (χ1v) is 6.53. The molecule has 4 atom stereocenters. The summed E-state index contributed by atoms with van der Waals surface area (Å²) in [6, 6.07) is 0. The Bertz CT molecular complexity index is 669. The van der Waals surface area contributed by atoms with Gasteiger partial charge in [0.1, 0.15) is 18.1 Å². The lowest BCUT2D eigenvalue weighted by atomic mass is 9.93. The Hall–Kier alpha value is -2.02. The van der Waals surface area contributed by atoms with Gasteiger partial charge in [-0.2, -0.15) is 0 Å². The summed E-state index contributed by atoms with van der Waals surface area (Å²) < 4.78 is 7.50. The van der Waals surface area contributed by atoms with E-state index in [9.17, 15) is 9.90 Å². The summed E-state index contributed by atoms with van der Waals surface area (Å²) in [4.78, 5) is 23.9. The molecule has 0 aromatic carbocycles. The molecule has 1 N–H and O–H groups in total. The van der Waals surface area contributed by atoms with Gasteiger partial charge in [-0.3, -0.25) is 4.57 Å². The number of nitrogens with zero attached hydrogens (tertiary/aromatic N) is 4. The van der Waals surface area contributed by atoms with Crippen molar-refractivity contribution in [3.05, 3.63) is 18.3 Å². The number of ether oxygens (including phenoxy) is 1. The number of rotatable bonds is 2. The third-order valence-electron chi connectivity index (χ3n) is 4.10. The number of aliphatic carboxylic acids is 1. The second-order valence-electron chi connectivity index (χ2n) is 5.29. The molecule has 7 nitrogen and oxygen atoms in total. The zero-order valence-electron chi connectivity index (χ0n) is 11.5. The lowest BCUT2D eigenvalue weighted by Gasteiger charge is -2.17. The van der Waals surface area contributed by atoms with Crippen LogP contribution in [0.4, 0.5) is 0 Å². The summed E-state index contributed by atoms with van der Waals surface area (Å²) in [6.07, 6.45) is 1.96. The van der Waals surface area contributed by atoms with Crippen LogP contribution >= 0.6 is 0 Å². The molecule has 0 radical (unpaired) electrons. The molecule has 106 valence electrons. The lowest BCUT2D eigenvalue weighted by Crippen LogP contribution is -2.25. The minimum absolute atomic E-state index is 0.0590. The highest BCUT2D eigenvalue weighted by molar-refractivity contribution is 5.74. The van der Waals surface area contributed by atoms with Gasteiger partial charge in [0.2, 0.25) is 0 Å². The van der Waals surface area contributed by atoms with E-state index >= 15 is 0 Å². The SMILES string of the molecule is Cc1ncnc2c1ncn2[C@@H]1O[C@H](C(=O)O)[C@@H](C)[C@H]1C. The minimum Gasteiger partial charge on any atom is -0.479 e. The maximum Gasteiger partial charge on any atom is 0.333 e. The first-order chi connectivity index (χ1) is 9.50. The van der Waals surface area contributed by atoms with Crippen LogP contribution in [0, 0.1) is 18.8 Å². The molecule has 0 amide bonds. The molecule has 0 bridgehead atoms. The van der Waals surface area contributed by atoms with Gasteiger partial charge in [0, 0.05) is 11.8 Å². The van der Waals surface area contributed by atoms with E-state index in [2.05, 4.69) is 15.0 Å². The van der Waals surface area contributed by atoms with Crippen LogP contribution in [0.15, 0.2) is 12.7 Å². The molecule has 1 aliphatic heterocycles. The lowest BCUT2D eigenvalue weighted by molar-refractivity contribution is -0.153. The fourth-order valence-corrected chi connectivity index (χ4v) is 2.69. The van der Waals surface area contributed by atoms with Gasteiger partial charge in [-0.05, 0) is 6.92 Å². The highest BCUT2D eigenvalue weighted by Gasteiger charge is 2.44. The Morgan fingerprint density at radius 2 is 2.05 bits per heavy atom. The van der Waals surface area contributed by atoms with Gasteiger partial charge in [-0.25, -0.2) is 19.7 Å². The topological polar surface area (TPSA) is 90.1 Å². The van der Waals surface area contributed by atoms with Crippen LogP contribution in [0.5, 0.6) is 0 Å². The smallest absolute Gasteiger partial charge is 0.333 e. The molecule has 20 heavy (non-hydrogen) atoms. The van der Waals surface area contributed by atoms with Gasteiger partial charge >= 0.3 is 5.97 Å². The summed E-state index contributed by atoms with van der Waals surface area (Å²) >= 11 is 0. The van der Waals surface area contributed by atoms with E-state index in [1.165, 1.54) is 6.33 Å². The van der Waals surface area contributed by atoms with Gasteiger partial charge < -0.3 is 9.84 Å². The van der Waals surface area contributed by atoms with Crippen LogP contribution in [-0.4, -0.2) is 36.7 Å². The molecule has 0 spiro atoms. The van der Waals surface area contributed by atoms with Crippen molar-refractivity contribution in [1.29, 1.82) is 0 Å². The Balaban J connectivity index is 2.04. The Morgan fingerprint density at radius 3 is 2.70 bits per heavy atom. The number of fused-ring (bicyclic) bond motifs is 1. The molecule has 2 aromatic heterocycles. The van der Waals surface area contributed by atoms with Gasteiger partial charge in [-0.15, -0.1) is 0 Å². The average Bonchev–Trinajstić information content (AvgIpc) is 2.94. The summed E-state index contributed by atoms with van der Waals surface area (Å²) in [6.45, 7) is 5.74. The van der Waals surface area contributed by atoms with Crippen LogP contribution in [0.25, 0.3) is 11.2 Å². The summed E-state index contributed by atoms with van der Waals surface area (Å²) in [5, 5.41) is 9.20. The number of carboxylic acids is 1. The summed E-state index contributed by atoms with van der Waals surface area (Å²) in [5.41, 5.74) is 2.18. The molecule has 1 saturated heterocycles. The number of imidazole rings is 1. The van der Waals surface area contributed by atoms with Crippen molar-refractivity contribution in [3.8, 4) is 0 Å². The van der Waals surface area contributed by atoms with Gasteiger partial charge in [0.05, 0.1) is 12.0 Å². The molecular weight excluding hydrogens is 260 g/mol. The third kappa shape index (κ3) is 1.77. The van der Waals surface area contributed by atoms with E-state index in [4.69, 9.17) is 4.74 Å². The van der Waals surface area contributed by atoms with Gasteiger partial charge in [0.25, 0.3) is 0 Å². The minimum atomic E-state index is -0.929. The standard InChI is InChI=1S/C13H16N4O3/c1-6-7(2)12(20-10(6)13(18)19)17-5-16-9-8(3)14-4-15-11(9)17/h4-7,10,12H,1-3H3,(H,18,19)/t6-,7+,10-,12+/m0/s1. The van der Waals surface area contributed by atoms with Crippen LogP contribution < -0.4 is 0 Å². The molecule has 2 aromatic rings. The largest absolute Gasteiger partial charge is 0.479 e. The van der Waals surface area contributed by atoms with Crippen LogP contribution in [0.2, 0.25) is 0 Å². The average molecular weight is 276 g/mol. The fraction of sp³-hybridized carbons (Fsp3) is 0.538. The maximum atomic E-state index is 11.2. The predicted octanol–water partition coefficient (Wildman–Crippen LogP) is 1.39. The highest BCUT2D eigenvalue weighted by atomic mass is 16.5. The maximum absolute atomic E-state index is 11.2. The second kappa shape index (κ2) is 4.52. The zero-order valence-corrected chi connectivity index (χ0v) is 11.5. The first kappa shape index (κ1) is 13.0. The van der Waals surface area contributed by atoms with Crippen LogP contribution in [-0.2, 0) is 9.53 Å².